The fraction of sp³-hybridized carbons (Fsp3) is 0.294. The van der Waals surface area contributed by atoms with Crippen LogP contribution >= 0.6 is 0 Å². The first-order valence-corrected chi connectivity index (χ1v) is 6.72. The fourth-order valence-corrected chi connectivity index (χ4v) is 2.52. The monoisotopic (exact) mass is 273 g/mol. The molecule has 0 heterocycles. The van der Waals surface area contributed by atoms with Gasteiger partial charge >= 0.3 is 0 Å². The molecule has 2 rings (SSSR count). The molecule has 1 atom stereocenters. The highest BCUT2D eigenvalue weighted by Gasteiger charge is 2.30. The van der Waals surface area contributed by atoms with Crippen molar-refractivity contribution >= 4 is 0 Å². The standard InChI is InChI=1S/C17H20FNO/c1-13-3-2-4-14(9-13)10-17(11-19,12-20)15-5-7-16(18)8-6-15/h2-9,20H,10-12,19H2,1H3. The molecule has 3 N–H and O–H groups in total. The highest BCUT2D eigenvalue weighted by Crippen LogP contribution is 2.28. The quantitative estimate of drug-likeness (QED) is 0.879. The average Bonchev–Trinajstić information content (AvgIpc) is 2.46. The van der Waals surface area contributed by atoms with E-state index in [0.29, 0.717) is 13.0 Å². The summed E-state index contributed by atoms with van der Waals surface area (Å²) >= 11 is 0. The second-order valence-corrected chi connectivity index (χ2v) is 5.32. The molecular weight excluding hydrogens is 253 g/mol. The van der Waals surface area contributed by atoms with Crippen molar-refractivity contribution in [3.05, 3.63) is 71.0 Å². The number of aliphatic hydroxyl groups excluding tert-OH is 1. The third-order valence-electron chi connectivity index (χ3n) is 3.77. The summed E-state index contributed by atoms with van der Waals surface area (Å²) in [4.78, 5) is 0. The van der Waals surface area contributed by atoms with Crippen LogP contribution in [0.3, 0.4) is 0 Å². The number of aryl methyl sites for hydroxylation is 1. The molecule has 3 heteroatoms. The lowest BCUT2D eigenvalue weighted by Gasteiger charge is -2.31. The molecule has 0 radical (unpaired) electrons. The maximum absolute atomic E-state index is 13.1. The van der Waals surface area contributed by atoms with E-state index in [1.807, 2.05) is 25.1 Å². The van der Waals surface area contributed by atoms with E-state index >= 15 is 0 Å². The van der Waals surface area contributed by atoms with E-state index in [-0.39, 0.29) is 12.4 Å². The summed E-state index contributed by atoms with van der Waals surface area (Å²) < 4.78 is 13.1. The zero-order valence-electron chi connectivity index (χ0n) is 11.6. The molecule has 0 fully saturated rings. The molecule has 0 amide bonds. The van der Waals surface area contributed by atoms with E-state index in [1.54, 1.807) is 12.1 Å². The van der Waals surface area contributed by atoms with Gasteiger partial charge in [0.2, 0.25) is 0 Å². The van der Waals surface area contributed by atoms with Gasteiger partial charge in [0.25, 0.3) is 0 Å². The van der Waals surface area contributed by atoms with Gasteiger partial charge in [0.1, 0.15) is 5.82 Å². The Bertz CT molecular complexity index is 561. The van der Waals surface area contributed by atoms with Gasteiger partial charge in [-0.1, -0.05) is 42.0 Å². The summed E-state index contributed by atoms with van der Waals surface area (Å²) in [5.41, 5.74) is 8.51. The molecule has 0 saturated heterocycles. The summed E-state index contributed by atoms with van der Waals surface area (Å²) in [5.74, 6) is -0.284. The van der Waals surface area contributed by atoms with Gasteiger partial charge in [0, 0.05) is 12.0 Å². The topological polar surface area (TPSA) is 46.2 Å². The molecule has 0 aliphatic heterocycles. The number of hydrogen-bond acceptors (Lipinski definition) is 2. The van der Waals surface area contributed by atoms with Crippen molar-refractivity contribution in [1.82, 2.24) is 0 Å². The minimum Gasteiger partial charge on any atom is -0.395 e. The molecule has 1 unspecified atom stereocenters. The Morgan fingerprint density at radius 1 is 1.15 bits per heavy atom. The fourth-order valence-electron chi connectivity index (χ4n) is 2.52. The van der Waals surface area contributed by atoms with Crippen LogP contribution in [0.5, 0.6) is 0 Å². The van der Waals surface area contributed by atoms with Crippen LogP contribution < -0.4 is 5.73 Å². The summed E-state index contributed by atoms with van der Waals surface area (Å²) in [5, 5.41) is 9.86. The Labute approximate surface area is 119 Å². The van der Waals surface area contributed by atoms with Crippen molar-refractivity contribution < 1.29 is 9.50 Å². The number of hydrogen-bond donors (Lipinski definition) is 2. The van der Waals surface area contributed by atoms with Crippen LogP contribution in [0.25, 0.3) is 0 Å². The van der Waals surface area contributed by atoms with E-state index in [4.69, 9.17) is 5.73 Å². The first-order valence-electron chi connectivity index (χ1n) is 6.72. The zero-order chi connectivity index (χ0) is 14.6. The summed E-state index contributed by atoms with van der Waals surface area (Å²) in [6.45, 7) is 2.27. The predicted molar refractivity (Wildman–Crippen MR) is 79.1 cm³/mol. The Kier molecular flexibility index (Phi) is 4.53. The maximum atomic E-state index is 13.1. The lowest BCUT2D eigenvalue weighted by atomic mass is 9.76. The Balaban J connectivity index is 2.36. The van der Waals surface area contributed by atoms with Crippen molar-refractivity contribution in [2.24, 2.45) is 5.73 Å². The summed E-state index contributed by atoms with van der Waals surface area (Å²) in [6.07, 6.45) is 0.632. The predicted octanol–water partition coefficient (Wildman–Crippen LogP) is 2.57. The molecule has 0 bridgehead atoms. The first-order chi connectivity index (χ1) is 9.59. The van der Waals surface area contributed by atoms with E-state index < -0.39 is 5.41 Å². The molecule has 0 aliphatic carbocycles. The highest BCUT2D eigenvalue weighted by molar-refractivity contribution is 5.32. The van der Waals surface area contributed by atoms with Gasteiger partial charge in [-0.2, -0.15) is 0 Å². The van der Waals surface area contributed by atoms with Crippen molar-refractivity contribution in [3.8, 4) is 0 Å². The largest absolute Gasteiger partial charge is 0.395 e. The number of nitrogens with two attached hydrogens (primary N) is 1. The van der Waals surface area contributed by atoms with Crippen LogP contribution in [-0.4, -0.2) is 18.3 Å². The maximum Gasteiger partial charge on any atom is 0.123 e. The Morgan fingerprint density at radius 2 is 1.85 bits per heavy atom. The second kappa shape index (κ2) is 6.16. The molecule has 0 spiro atoms. The first kappa shape index (κ1) is 14.7. The third kappa shape index (κ3) is 3.06. The molecule has 2 aromatic rings. The van der Waals surface area contributed by atoms with Crippen LogP contribution in [0.15, 0.2) is 48.5 Å². The van der Waals surface area contributed by atoms with E-state index in [1.165, 1.54) is 17.7 Å². The number of benzene rings is 2. The number of halogens is 1. The van der Waals surface area contributed by atoms with Crippen LogP contribution in [0.1, 0.15) is 16.7 Å². The molecule has 0 saturated carbocycles. The molecule has 20 heavy (non-hydrogen) atoms. The number of aliphatic hydroxyl groups is 1. The Hall–Kier alpha value is -1.71. The van der Waals surface area contributed by atoms with E-state index in [9.17, 15) is 9.50 Å². The van der Waals surface area contributed by atoms with Crippen LogP contribution in [0.2, 0.25) is 0 Å². The second-order valence-electron chi connectivity index (χ2n) is 5.32. The third-order valence-corrected chi connectivity index (χ3v) is 3.77. The molecule has 0 aromatic heterocycles. The summed E-state index contributed by atoms with van der Waals surface area (Å²) in [7, 11) is 0. The van der Waals surface area contributed by atoms with E-state index in [0.717, 1.165) is 11.1 Å². The van der Waals surface area contributed by atoms with Gasteiger partial charge in [0.15, 0.2) is 0 Å². The van der Waals surface area contributed by atoms with Gasteiger partial charge in [-0.25, -0.2) is 4.39 Å². The Morgan fingerprint density at radius 3 is 2.40 bits per heavy atom. The van der Waals surface area contributed by atoms with Gasteiger partial charge in [0.05, 0.1) is 6.61 Å². The molecular formula is C17H20FNO. The normalized spacial score (nSPS) is 14.0. The number of rotatable bonds is 5. The van der Waals surface area contributed by atoms with Gasteiger partial charge in [-0.05, 0) is 36.6 Å². The lowest BCUT2D eigenvalue weighted by molar-refractivity contribution is 0.196. The zero-order valence-corrected chi connectivity index (χ0v) is 11.6. The smallest absolute Gasteiger partial charge is 0.123 e. The van der Waals surface area contributed by atoms with Crippen LogP contribution in [-0.2, 0) is 11.8 Å². The van der Waals surface area contributed by atoms with E-state index in [2.05, 4.69) is 6.07 Å². The minimum atomic E-state index is -0.568. The van der Waals surface area contributed by atoms with Gasteiger partial charge < -0.3 is 10.8 Å². The highest BCUT2D eigenvalue weighted by atomic mass is 19.1. The van der Waals surface area contributed by atoms with Gasteiger partial charge in [-0.3, -0.25) is 0 Å². The van der Waals surface area contributed by atoms with Crippen LogP contribution in [0.4, 0.5) is 4.39 Å². The minimum absolute atomic E-state index is 0.0664. The van der Waals surface area contributed by atoms with Crippen molar-refractivity contribution in [3.63, 3.8) is 0 Å². The molecule has 2 nitrogen and oxygen atoms in total. The van der Waals surface area contributed by atoms with Crippen molar-refractivity contribution in [2.45, 2.75) is 18.8 Å². The van der Waals surface area contributed by atoms with Crippen LogP contribution in [0, 0.1) is 12.7 Å². The van der Waals surface area contributed by atoms with Crippen molar-refractivity contribution in [2.75, 3.05) is 13.2 Å². The SMILES string of the molecule is Cc1cccc(CC(CN)(CO)c2ccc(F)cc2)c1. The molecule has 106 valence electrons. The lowest BCUT2D eigenvalue weighted by Crippen LogP contribution is -2.41. The molecule has 2 aromatic carbocycles. The average molecular weight is 273 g/mol. The van der Waals surface area contributed by atoms with Crippen molar-refractivity contribution in [1.29, 1.82) is 0 Å². The molecule has 0 aliphatic rings. The summed E-state index contributed by atoms with van der Waals surface area (Å²) in [6, 6.07) is 14.4. The van der Waals surface area contributed by atoms with Gasteiger partial charge in [-0.15, -0.1) is 0 Å².